The van der Waals surface area contributed by atoms with Crippen LogP contribution in [0.5, 0.6) is 0 Å². The number of fused-ring (bicyclic) bond motifs is 1. The fourth-order valence-corrected chi connectivity index (χ4v) is 5.20. The van der Waals surface area contributed by atoms with Crippen LogP contribution in [0.25, 0.3) is 11.0 Å². The molecule has 1 aliphatic carbocycles. The summed E-state index contributed by atoms with van der Waals surface area (Å²) in [5.41, 5.74) is 0.559. The maximum absolute atomic E-state index is 11.5. The number of nitrogens with one attached hydrogen (secondary N) is 1. The summed E-state index contributed by atoms with van der Waals surface area (Å²) in [5.74, 6) is -0.927. The lowest BCUT2D eigenvalue weighted by Crippen LogP contribution is -2.30. The van der Waals surface area contributed by atoms with Crippen LogP contribution in [0.4, 0.5) is 5.82 Å². The van der Waals surface area contributed by atoms with E-state index in [1.54, 1.807) is 10.9 Å². The number of hydrogen-bond donors (Lipinski definition) is 4. The van der Waals surface area contributed by atoms with Crippen LogP contribution in [0.15, 0.2) is 6.20 Å². The molecule has 3 heterocycles. The topological polar surface area (TPSA) is 152 Å². The lowest BCUT2D eigenvalue weighted by Gasteiger charge is -2.23. The van der Waals surface area contributed by atoms with Crippen molar-refractivity contribution in [2.75, 3.05) is 11.9 Å². The number of hydrogen-bond acceptors (Lipinski definition) is 8. The molecule has 11 nitrogen and oxygen atoms in total. The lowest BCUT2D eigenvalue weighted by molar-refractivity contribution is -0.0705. The smallest absolute Gasteiger partial charge is 0.356 e. The fourth-order valence-electron chi connectivity index (χ4n) is 4.20. The quantitative estimate of drug-likeness (QED) is 0.330. The molecular formula is C18H27ClN5O6P. The number of aliphatic hydroxyl groups is 1. The fraction of sp³-hybridized carbons (Fsp3) is 0.722. The summed E-state index contributed by atoms with van der Waals surface area (Å²) in [4.78, 5) is 27.3. The van der Waals surface area contributed by atoms with Gasteiger partial charge in [-0.25, -0.2) is 4.68 Å². The van der Waals surface area contributed by atoms with E-state index < -0.39 is 31.9 Å². The molecular weight excluding hydrogens is 449 g/mol. The maximum Gasteiger partial charge on any atom is 0.356 e. The molecule has 4 atom stereocenters. The van der Waals surface area contributed by atoms with E-state index in [9.17, 15) is 19.5 Å². The first-order chi connectivity index (χ1) is 14.7. The Bertz CT molecular complexity index is 962. The van der Waals surface area contributed by atoms with Crippen molar-refractivity contribution in [3.8, 4) is 0 Å². The molecule has 4 N–H and O–H groups in total. The number of anilines is 1. The van der Waals surface area contributed by atoms with Gasteiger partial charge >= 0.3 is 7.60 Å². The van der Waals surface area contributed by atoms with Crippen LogP contribution in [-0.4, -0.2) is 65.3 Å². The summed E-state index contributed by atoms with van der Waals surface area (Å²) in [5, 5.41) is 18.4. The molecule has 31 heavy (non-hydrogen) atoms. The SMILES string of the molecule is CC(O)C(OCC1CCC(n2ncc3c(NC4CCCC4)nc(Cl)nc32)O1)P(=O)(O)O. The van der Waals surface area contributed by atoms with Crippen LogP contribution in [0.1, 0.15) is 51.7 Å². The number of aromatic nitrogens is 4. The summed E-state index contributed by atoms with van der Waals surface area (Å²) in [6.45, 7) is 1.22. The Morgan fingerprint density at radius 1 is 1.32 bits per heavy atom. The predicted octanol–water partition coefficient (Wildman–Crippen LogP) is 2.41. The molecule has 0 spiro atoms. The van der Waals surface area contributed by atoms with E-state index in [0.29, 0.717) is 30.3 Å². The van der Waals surface area contributed by atoms with Crippen molar-refractivity contribution in [2.45, 2.75) is 75.8 Å². The minimum absolute atomic E-state index is 0.0550. The third-order valence-electron chi connectivity index (χ3n) is 5.68. The van der Waals surface area contributed by atoms with Gasteiger partial charge in [-0.15, -0.1) is 0 Å². The zero-order valence-corrected chi connectivity index (χ0v) is 18.7. The maximum atomic E-state index is 11.5. The van der Waals surface area contributed by atoms with Crippen LogP contribution >= 0.6 is 19.2 Å². The summed E-state index contributed by atoms with van der Waals surface area (Å²) >= 11 is 6.17. The molecule has 13 heteroatoms. The second-order valence-corrected chi connectivity index (χ2v) is 10.2. The van der Waals surface area contributed by atoms with Crippen molar-refractivity contribution in [3.63, 3.8) is 0 Å². The zero-order chi connectivity index (χ0) is 22.2. The Morgan fingerprint density at radius 3 is 2.74 bits per heavy atom. The van der Waals surface area contributed by atoms with Gasteiger partial charge in [-0.3, -0.25) is 4.57 Å². The molecule has 4 rings (SSSR count). The standard InChI is InChI=1S/C18H27ClN5O6P/c1-10(25)17(31(26,27)28)29-9-12-6-7-14(30-12)24-16-13(8-20-24)15(22-18(19)23-16)21-11-4-2-3-5-11/h8,10-12,14,17,25H,2-7,9H2,1H3,(H,21,22,23)(H2,26,27,28). The van der Waals surface area contributed by atoms with E-state index in [2.05, 4.69) is 20.4 Å². The molecule has 0 aromatic carbocycles. The highest BCUT2D eigenvalue weighted by Crippen LogP contribution is 2.44. The van der Waals surface area contributed by atoms with Crippen molar-refractivity contribution in [3.05, 3.63) is 11.5 Å². The summed E-state index contributed by atoms with van der Waals surface area (Å²) in [6, 6.07) is 0.359. The molecule has 2 fully saturated rings. The summed E-state index contributed by atoms with van der Waals surface area (Å²) < 4.78 is 24.4. The minimum atomic E-state index is -4.59. The van der Waals surface area contributed by atoms with Crippen LogP contribution < -0.4 is 5.32 Å². The Kier molecular flexibility index (Phi) is 6.83. The van der Waals surface area contributed by atoms with Crippen molar-refractivity contribution in [2.24, 2.45) is 0 Å². The summed E-state index contributed by atoms with van der Waals surface area (Å²) in [7, 11) is -4.59. The van der Waals surface area contributed by atoms with Gasteiger partial charge < -0.3 is 29.7 Å². The first kappa shape index (κ1) is 22.8. The number of nitrogens with zero attached hydrogens (tertiary/aromatic N) is 4. The third-order valence-corrected chi connectivity index (χ3v) is 7.09. The van der Waals surface area contributed by atoms with Crippen LogP contribution in [0.2, 0.25) is 5.28 Å². The average Bonchev–Trinajstić information content (AvgIpc) is 3.40. The number of aliphatic hydroxyl groups excluding tert-OH is 1. The van der Waals surface area contributed by atoms with Crippen LogP contribution in [0, 0.1) is 0 Å². The Labute approximate surface area is 184 Å². The monoisotopic (exact) mass is 475 g/mol. The molecule has 0 amide bonds. The number of ether oxygens (including phenoxy) is 2. The molecule has 1 aliphatic heterocycles. The van der Waals surface area contributed by atoms with Crippen molar-refractivity contribution in [1.82, 2.24) is 19.7 Å². The van der Waals surface area contributed by atoms with E-state index >= 15 is 0 Å². The van der Waals surface area contributed by atoms with Gasteiger partial charge in [0.2, 0.25) is 5.28 Å². The van der Waals surface area contributed by atoms with E-state index in [1.165, 1.54) is 19.8 Å². The average molecular weight is 476 g/mol. The van der Waals surface area contributed by atoms with Crippen molar-refractivity contribution < 1.29 is 28.9 Å². The molecule has 2 aromatic heterocycles. The highest BCUT2D eigenvalue weighted by atomic mass is 35.5. The first-order valence-corrected chi connectivity index (χ1v) is 12.5. The third kappa shape index (κ3) is 5.19. The van der Waals surface area contributed by atoms with Crippen molar-refractivity contribution in [1.29, 1.82) is 0 Å². The predicted molar refractivity (Wildman–Crippen MR) is 113 cm³/mol. The normalized spacial score (nSPS) is 24.7. The van der Waals surface area contributed by atoms with E-state index in [4.69, 9.17) is 21.1 Å². The van der Waals surface area contributed by atoms with Gasteiger partial charge in [0.25, 0.3) is 0 Å². The van der Waals surface area contributed by atoms with Crippen molar-refractivity contribution >= 4 is 36.0 Å². The first-order valence-electron chi connectivity index (χ1n) is 10.4. The highest BCUT2D eigenvalue weighted by Gasteiger charge is 2.36. The Balaban J connectivity index is 1.46. The van der Waals surface area contributed by atoms with E-state index in [0.717, 1.165) is 18.2 Å². The van der Waals surface area contributed by atoms with Crippen LogP contribution in [0.3, 0.4) is 0 Å². The number of rotatable bonds is 8. The second kappa shape index (κ2) is 9.27. The highest BCUT2D eigenvalue weighted by molar-refractivity contribution is 7.52. The van der Waals surface area contributed by atoms with Gasteiger partial charge in [-0.05, 0) is 44.2 Å². The van der Waals surface area contributed by atoms with Gasteiger partial charge in [0.1, 0.15) is 5.82 Å². The molecule has 0 radical (unpaired) electrons. The van der Waals surface area contributed by atoms with Crippen LogP contribution in [-0.2, 0) is 14.0 Å². The van der Waals surface area contributed by atoms with Gasteiger partial charge in [-0.2, -0.15) is 15.1 Å². The molecule has 4 unspecified atom stereocenters. The molecule has 1 saturated carbocycles. The largest absolute Gasteiger partial charge is 0.390 e. The van der Waals surface area contributed by atoms with Gasteiger partial charge in [-0.1, -0.05) is 12.8 Å². The Morgan fingerprint density at radius 2 is 2.06 bits per heavy atom. The number of halogens is 1. The van der Waals surface area contributed by atoms with Gasteiger partial charge in [0, 0.05) is 6.04 Å². The second-order valence-electron chi connectivity index (χ2n) is 8.14. The minimum Gasteiger partial charge on any atom is -0.390 e. The van der Waals surface area contributed by atoms with E-state index in [-0.39, 0.29) is 11.9 Å². The molecule has 172 valence electrons. The summed E-state index contributed by atoms with van der Waals surface area (Å²) in [6.07, 6.45) is 5.34. The zero-order valence-electron chi connectivity index (χ0n) is 17.1. The lowest BCUT2D eigenvalue weighted by atomic mass is 10.2. The molecule has 2 aromatic rings. The van der Waals surface area contributed by atoms with Gasteiger partial charge in [0.05, 0.1) is 30.4 Å². The van der Waals surface area contributed by atoms with Gasteiger partial charge in [0.15, 0.2) is 17.7 Å². The molecule has 0 bridgehead atoms. The molecule has 1 saturated heterocycles. The van der Waals surface area contributed by atoms with E-state index in [1.807, 2.05) is 0 Å². The molecule has 2 aliphatic rings. The Hall–Kier alpha value is -1.33.